The third-order valence-electron chi connectivity index (χ3n) is 4.70. The number of oxazole rings is 1. The lowest BCUT2D eigenvalue weighted by molar-refractivity contribution is 0.313. The Morgan fingerprint density at radius 3 is 2.68 bits per heavy atom. The van der Waals surface area contributed by atoms with Gasteiger partial charge in [0.2, 0.25) is 5.89 Å². The summed E-state index contributed by atoms with van der Waals surface area (Å²) in [7, 11) is 2.11. The fraction of sp³-hybridized carbons (Fsp3) is 0.273. The van der Waals surface area contributed by atoms with E-state index in [4.69, 9.17) is 9.40 Å². The molecule has 0 bridgehead atoms. The van der Waals surface area contributed by atoms with Gasteiger partial charge in [-0.15, -0.1) is 0 Å². The molecule has 5 nitrogen and oxygen atoms in total. The molecule has 1 aromatic carbocycles. The summed E-state index contributed by atoms with van der Waals surface area (Å²) < 4.78 is 7.85. The van der Waals surface area contributed by atoms with Gasteiger partial charge in [0.25, 0.3) is 0 Å². The lowest BCUT2D eigenvalue weighted by atomic mass is 10.2. The lowest BCUT2D eigenvalue weighted by Gasteiger charge is -2.16. The van der Waals surface area contributed by atoms with Crippen LogP contribution in [0, 0.1) is 20.8 Å². The van der Waals surface area contributed by atoms with E-state index >= 15 is 0 Å². The highest BCUT2D eigenvalue weighted by atomic mass is 32.1. The third-order valence-corrected chi connectivity index (χ3v) is 5.38. The minimum absolute atomic E-state index is 0.702. The normalized spacial score (nSPS) is 11.5. The summed E-state index contributed by atoms with van der Waals surface area (Å²) in [5.74, 6) is 1.58. The molecule has 3 aromatic heterocycles. The van der Waals surface area contributed by atoms with Crippen LogP contribution in [0.5, 0.6) is 0 Å². The Bertz CT molecular complexity index is 1080. The number of aryl methyl sites for hydroxylation is 3. The van der Waals surface area contributed by atoms with E-state index in [0.717, 1.165) is 47.2 Å². The van der Waals surface area contributed by atoms with Gasteiger partial charge in [-0.05, 0) is 63.0 Å². The van der Waals surface area contributed by atoms with E-state index in [0.29, 0.717) is 5.89 Å². The average Bonchev–Trinajstić information content (AvgIpc) is 3.37. The number of hydrogen-bond acceptors (Lipinski definition) is 5. The second-order valence-electron chi connectivity index (χ2n) is 7.22. The first-order valence-corrected chi connectivity index (χ1v) is 10.2. The molecule has 0 aliphatic rings. The Kier molecular flexibility index (Phi) is 5.15. The van der Waals surface area contributed by atoms with Crippen LogP contribution in [0.4, 0.5) is 0 Å². The first kappa shape index (κ1) is 18.7. The average molecular weight is 393 g/mol. The third kappa shape index (κ3) is 3.93. The number of nitrogens with zero attached hydrogens (tertiary/aromatic N) is 4. The van der Waals surface area contributed by atoms with E-state index < -0.39 is 0 Å². The van der Waals surface area contributed by atoms with Crippen LogP contribution in [-0.2, 0) is 13.1 Å². The van der Waals surface area contributed by atoms with Gasteiger partial charge in [-0.25, -0.2) is 9.67 Å². The Balaban J connectivity index is 1.48. The van der Waals surface area contributed by atoms with Gasteiger partial charge in [0.15, 0.2) is 0 Å². The van der Waals surface area contributed by atoms with E-state index in [1.807, 2.05) is 30.0 Å². The van der Waals surface area contributed by atoms with Crippen LogP contribution in [0.3, 0.4) is 0 Å². The predicted octanol–water partition coefficient (Wildman–Crippen LogP) is 5.15. The maximum Gasteiger partial charge on any atom is 0.227 e. The highest BCUT2D eigenvalue weighted by Gasteiger charge is 2.14. The molecule has 0 spiro atoms. The van der Waals surface area contributed by atoms with Gasteiger partial charge in [0.05, 0.1) is 17.1 Å². The van der Waals surface area contributed by atoms with Crippen LogP contribution in [0.2, 0.25) is 0 Å². The Hall–Kier alpha value is -2.70. The Morgan fingerprint density at radius 2 is 1.96 bits per heavy atom. The zero-order valence-electron chi connectivity index (χ0n) is 16.6. The van der Waals surface area contributed by atoms with Crippen molar-refractivity contribution < 1.29 is 4.42 Å². The minimum Gasteiger partial charge on any atom is -0.441 e. The van der Waals surface area contributed by atoms with Crippen molar-refractivity contribution in [2.24, 2.45) is 0 Å². The van der Waals surface area contributed by atoms with E-state index in [1.54, 1.807) is 11.3 Å². The van der Waals surface area contributed by atoms with Gasteiger partial charge < -0.3 is 4.42 Å². The van der Waals surface area contributed by atoms with Gasteiger partial charge in [-0.1, -0.05) is 12.1 Å². The SMILES string of the molecule is Cc1cc(C)n(-c2cccc(CN(C)Cc3nc(-c4ccsc4)oc3C)c2)n1. The highest BCUT2D eigenvalue weighted by molar-refractivity contribution is 7.08. The van der Waals surface area contributed by atoms with Crippen molar-refractivity contribution >= 4 is 11.3 Å². The van der Waals surface area contributed by atoms with Gasteiger partial charge in [0, 0.05) is 29.7 Å². The largest absolute Gasteiger partial charge is 0.441 e. The van der Waals surface area contributed by atoms with E-state index in [1.165, 1.54) is 5.56 Å². The fourth-order valence-electron chi connectivity index (χ4n) is 3.38. The summed E-state index contributed by atoms with van der Waals surface area (Å²) >= 11 is 1.65. The molecule has 4 rings (SSSR count). The molecule has 0 radical (unpaired) electrons. The molecular formula is C22H24N4OS. The minimum atomic E-state index is 0.702. The molecule has 0 fully saturated rings. The van der Waals surface area contributed by atoms with Gasteiger partial charge in [-0.2, -0.15) is 16.4 Å². The summed E-state index contributed by atoms with van der Waals surface area (Å²) in [6.45, 7) is 7.65. The van der Waals surface area contributed by atoms with Crippen molar-refractivity contribution in [1.82, 2.24) is 19.7 Å². The summed E-state index contributed by atoms with van der Waals surface area (Å²) in [6.07, 6.45) is 0. The second-order valence-corrected chi connectivity index (χ2v) is 8.00. The summed E-state index contributed by atoms with van der Waals surface area (Å²) in [5.41, 5.74) is 6.53. The topological polar surface area (TPSA) is 47.1 Å². The van der Waals surface area contributed by atoms with Crippen LogP contribution in [-0.4, -0.2) is 26.7 Å². The summed E-state index contributed by atoms with van der Waals surface area (Å²) in [5, 5.41) is 8.69. The lowest BCUT2D eigenvalue weighted by Crippen LogP contribution is -2.18. The Morgan fingerprint density at radius 1 is 1.11 bits per heavy atom. The van der Waals surface area contributed by atoms with E-state index in [9.17, 15) is 0 Å². The maximum absolute atomic E-state index is 5.86. The molecule has 0 saturated carbocycles. The molecular weight excluding hydrogens is 368 g/mol. The van der Waals surface area contributed by atoms with Crippen LogP contribution in [0.1, 0.15) is 28.4 Å². The van der Waals surface area contributed by atoms with Crippen molar-refractivity contribution in [2.75, 3.05) is 7.05 Å². The number of aromatic nitrogens is 3. The zero-order valence-corrected chi connectivity index (χ0v) is 17.5. The number of hydrogen-bond donors (Lipinski definition) is 0. The van der Waals surface area contributed by atoms with Crippen molar-refractivity contribution in [3.63, 3.8) is 0 Å². The van der Waals surface area contributed by atoms with E-state index in [-0.39, 0.29) is 0 Å². The molecule has 0 unspecified atom stereocenters. The highest BCUT2D eigenvalue weighted by Crippen LogP contribution is 2.24. The second kappa shape index (κ2) is 7.73. The van der Waals surface area contributed by atoms with Gasteiger partial charge in [-0.3, -0.25) is 4.90 Å². The molecule has 6 heteroatoms. The molecule has 0 N–H and O–H groups in total. The maximum atomic E-state index is 5.86. The monoisotopic (exact) mass is 392 g/mol. The number of benzene rings is 1. The fourth-order valence-corrected chi connectivity index (χ4v) is 4.01. The van der Waals surface area contributed by atoms with Crippen molar-refractivity contribution in [3.8, 4) is 17.1 Å². The van der Waals surface area contributed by atoms with Crippen LogP contribution in [0.25, 0.3) is 17.1 Å². The quantitative estimate of drug-likeness (QED) is 0.455. The predicted molar refractivity (Wildman–Crippen MR) is 113 cm³/mol. The molecule has 3 heterocycles. The molecule has 0 aliphatic heterocycles. The zero-order chi connectivity index (χ0) is 19.7. The van der Waals surface area contributed by atoms with Crippen LogP contribution < -0.4 is 0 Å². The molecule has 4 aromatic rings. The number of thiophene rings is 1. The molecule has 0 atom stereocenters. The molecule has 0 aliphatic carbocycles. The van der Waals surface area contributed by atoms with Crippen molar-refractivity contribution in [3.05, 3.63) is 75.6 Å². The molecule has 28 heavy (non-hydrogen) atoms. The standard InChI is InChI=1S/C22H24N4OS/c1-15-10-16(2)26(24-15)20-7-5-6-18(11-20)12-25(4)13-21-17(3)27-22(23-21)19-8-9-28-14-19/h5-11,14H,12-13H2,1-4H3. The Labute approximate surface area is 169 Å². The molecule has 0 amide bonds. The van der Waals surface area contributed by atoms with Gasteiger partial charge in [0.1, 0.15) is 5.76 Å². The van der Waals surface area contributed by atoms with Crippen LogP contribution >= 0.6 is 11.3 Å². The summed E-state index contributed by atoms with van der Waals surface area (Å²) in [6, 6.07) is 12.7. The van der Waals surface area contributed by atoms with Crippen molar-refractivity contribution in [2.45, 2.75) is 33.9 Å². The molecule has 0 saturated heterocycles. The summed E-state index contributed by atoms with van der Waals surface area (Å²) in [4.78, 5) is 6.95. The van der Waals surface area contributed by atoms with Crippen LogP contribution in [0.15, 0.2) is 51.6 Å². The van der Waals surface area contributed by atoms with Crippen molar-refractivity contribution in [1.29, 1.82) is 0 Å². The van der Waals surface area contributed by atoms with Gasteiger partial charge >= 0.3 is 0 Å². The first-order valence-electron chi connectivity index (χ1n) is 9.29. The molecule has 144 valence electrons. The van der Waals surface area contributed by atoms with E-state index in [2.05, 4.69) is 59.7 Å². The smallest absolute Gasteiger partial charge is 0.227 e. The first-order chi connectivity index (χ1) is 13.5. The number of rotatable bonds is 6.